The molecular formula is C16H17N5O2. The molecular weight excluding hydrogens is 294 g/mol. The lowest BCUT2D eigenvalue weighted by Crippen LogP contribution is -2.17. The monoisotopic (exact) mass is 311 g/mol. The van der Waals surface area contributed by atoms with Crippen molar-refractivity contribution in [3.63, 3.8) is 0 Å². The fraction of sp³-hybridized carbons (Fsp3) is 0.125. The molecule has 7 heteroatoms. The first-order chi connectivity index (χ1) is 11.1. The Morgan fingerprint density at radius 1 is 1.43 bits per heavy atom. The number of carbonyl (C=O) groups excluding carboxylic acids is 1. The molecule has 0 unspecified atom stereocenters. The molecule has 0 saturated carbocycles. The molecule has 0 radical (unpaired) electrons. The number of anilines is 2. The third-order valence-electron chi connectivity index (χ3n) is 2.83. The highest BCUT2D eigenvalue weighted by Gasteiger charge is 2.05. The number of aliphatic imine (C=N–C) groups is 1. The van der Waals surface area contributed by atoms with Gasteiger partial charge < -0.3 is 15.1 Å². The first-order valence-electron chi connectivity index (χ1n) is 6.86. The van der Waals surface area contributed by atoms with Gasteiger partial charge >= 0.3 is 0 Å². The van der Waals surface area contributed by atoms with E-state index in [0.29, 0.717) is 11.8 Å². The van der Waals surface area contributed by atoms with Crippen molar-refractivity contribution in [1.29, 1.82) is 0 Å². The molecule has 2 aromatic heterocycles. The van der Waals surface area contributed by atoms with Gasteiger partial charge in [0, 0.05) is 18.7 Å². The topological polar surface area (TPSA) is 92.4 Å². The lowest BCUT2D eigenvalue weighted by molar-refractivity contribution is -0.118. The van der Waals surface area contributed by atoms with Crippen molar-refractivity contribution >= 4 is 29.9 Å². The Morgan fingerprint density at radius 2 is 2.26 bits per heavy atom. The van der Waals surface area contributed by atoms with Crippen molar-refractivity contribution in [1.82, 2.24) is 15.3 Å². The summed E-state index contributed by atoms with van der Waals surface area (Å²) < 4.78 is 5.14. The minimum Gasteiger partial charge on any atom is -0.432 e. The van der Waals surface area contributed by atoms with E-state index in [2.05, 4.69) is 32.3 Å². The lowest BCUT2D eigenvalue weighted by atomic mass is 10.1. The summed E-state index contributed by atoms with van der Waals surface area (Å²) in [5, 5.41) is 5.62. The van der Waals surface area contributed by atoms with Crippen LogP contribution in [0.5, 0.6) is 0 Å². The molecule has 118 valence electrons. The largest absolute Gasteiger partial charge is 0.432 e. The van der Waals surface area contributed by atoms with Crippen LogP contribution in [0.2, 0.25) is 0 Å². The van der Waals surface area contributed by atoms with Crippen LogP contribution in [0, 0.1) is 0 Å². The maximum Gasteiger partial charge on any atom is 0.299 e. The number of aromatic nitrogens is 2. The van der Waals surface area contributed by atoms with Crippen LogP contribution < -0.4 is 10.6 Å². The van der Waals surface area contributed by atoms with E-state index in [1.54, 1.807) is 24.7 Å². The minimum absolute atomic E-state index is 0.212. The van der Waals surface area contributed by atoms with E-state index in [0.717, 1.165) is 16.8 Å². The molecule has 0 bridgehead atoms. The predicted octanol–water partition coefficient (Wildman–Crippen LogP) is 2.89. The van der Waals surface area contributed by atoms with Gasteiger partial charge in [-0.15, -0.1) is 0 Å². The molecule has 2 heterocycles. The Hall–Kier alpha value is -3.22. The van der Waals surface area contributed by atoms with Crippen LogP contribution in [-0.2, 0) is 4.79 Å². The summed E-state index contributed by atoms with van der Waals surface area (Å²) in [7, 11) is 0. The zero-order valence-electron chi connectivity index (χ0n) is 12.9. The Kier molecular flexibility index (Phi) is 5.40. The highest BCUT2D eigenvalue weighted by atomic mass is 16.4. The fourth-order valence-electron chi connectivity index (χ4n) is 1.86. The number of nitrogens with zero attached hydrogens (tertiary/aromatic N) is 3. The van der Waals surface area contributed by atoms with Gasteiger partial charge in [0.05, 0.1) is 18.1 Å². The minimum atomic E-state index is -0.212. The van der Waals surface area contributed by atoms with Gasteiger partial charge in [0.25, 0.3) is 6.01 Å². The second kappa shape index (κ2) is 7.69. The molecule has 1 amide bonds. The van der Waals surface area contributed by atoms with Gasteiger partial charge in [0.2, 0.25) is 5.91 Å². The van der Waals surface area contributed by atoms with Crippen LogP contribution in [0.3, 0.4) is 0 Å². The third-order valence-corrected chi connectivity index (χ3v) is 2.83. The van der Waals surface area contributed by atoms with Crippen LogP contribution >= 0.6 is 0 Å². The standard InChI is InChI=1S/C16H17N5O2/c1-4-12(8-15(17-3)20-11(2)22)13-7-14(10-18-9-13)21-16-19-5-6-23-16/h4-10H,3H2,1-2H3,(H,19,21)(H,20,22)/b12-4+,15-8+. The van der Waals surface area contributed by atoms with Crippen molar-refractivity contribution in [2.45, 2.75) is 13.8 Å². The second-order valence-corrected chi connectivity index (χ2v) is 4.54. The Bertz CT molecular complexity index is 748. The Labute approximate surface area is 133 Å². The summed E-state index contributed by atoms with van der Waals surface area (Å²) in [6.45, 7) is 6.75. The summed E-state index contributed by atoms with van der Waals surface area (Å²) in [6, 6.07) is 2.27. The zero-order chi connectivity index (χ0) is 16.7. The number of carbonyl (C=O) groups is 1. The van der Waals surface area contributed by atoms with Crippen molar-refractivity contribution in [3.05, 3.63) is 54.5 Å². The number of amides is 1. The SMILES string of the molecule is C=N/C(=C\C(=C/C)c1cncc(Nc2ncco2)c1)NC(C)=O. The molecule has 2 rings (SSSR count). The maximum absolute atomic E-state index is 11.2. The van der Waals surface area contributed by atoms with Gasteiger partial charge in [-0.2, -0.15) is 0 Å². The van der Waals surface area contributed by atoms with Crippen molar-refractivity contribution < 1.29 is 9.21 Å². The number of allylic oxidation sites excluding steroid dienone is 3. The van der Waals surface area contributed by atoms with Gasteiger partial charge in [-0.25, -0.2) is 9.98 Å². The number of hydrogen-bond donors (Lipinski definition) is 2. The highest BCUT2D eigenvalue weighted by Crippen LogP contribution is 2.21. The quantitative estimate of drug-likeness (QED) is 0.632. The van der Waals surface area contributed by atoms with E-state index in [4.69, 9.17) is 4.42 Å². The van der Waals surface area contributed by atoms with E-state index in [1.807, 2.05) is 19.1 Å². The molecule has 0 aliphatic rings. The van der Waals surface area contributed by atoms with E-state index >= 15 is 0 Å². The first-order valence-corrected chi connectivity index (χ1v) is 6.86. The molecule has 2 aromatic rings. The second-order valence-electron chi connectivity index (χ2n) is 4.54. The molecule has 0 aliphatic heterocycles. The number of nitrogens with one attached hydrogen (secondary N) is 2. The summed E-state index contributed by atoms with van der Waals surface area (Å²) in [5.74, 6) is 0.160. The van der Waals surface area contributed by atoms with Gasteiger partial charge in [0.1, 0.15) is 12.1 Å². The van der Waals surface area contributed by atoms with Crippen LogP contribution in [0.25, 0.3) is 5.57 Å². The molecule has 0 spiro atoms. The summed E-state index contributed by atoms with van der Waals surface area (Å²) >= 11 is 0. The molecule has 7 nitrogen and oxygen atoms in total. The fourth-order valence-corrected chi connectivity index (χ4v) is 1.86. The van der Waals surface area contributed by atoms with Gasteiger partial charge in [-0.1, -0.05) is 6.08 Å². The van der Waals surface area contributed by atoms with E-state index in [9.17, 15) is 4.79 Å². The highest BCUT2D eigenvalue weighted by molar-refractivity contribution is 5.79. The Balaban J connectivity index is 2.26. The first kappa shape index (κ1) is 16.2. The predicted molar refractivity (Wildman–Crippen MR) is 89.1 cm³/mol. The number of pyridine rings is 1. The number of rotatable bonds is 6. The van der Waals surface area contributed by atoms with Gasteiger partial charge in [-0.05, 0) is 31.4 Å². The molecule has 0 fully saturated rings. The van der Waals surface area contributed by atoms with Crippen LogP contribution in [0.4, 0.5) is 11.7 Å². The van der Waals surface area contributed by atoms with E-state index in [-0.39, 0.29) is 5.91 Å². The van der Waals surface area contributed by atoms with E-state index in [1.165, 1.54) is 13.2 Å². The lowest BCUT2D eigenvalue weighted by Gasteiger charge is -2.08. The molecule has 0 saturated heterocycles. The smallest absolute Gasteiger partial charge is 0.299 e. The van der Waals surface area contributed by atoms with Crippen molar-refractivity contribution in [2.75, 3.05) is 5.32 Å². The number of oxazole rings is 1. The molecule has 0 aliphatic carbocycles. The summed E-state index contributed by atoms with van der Waals surface area (Å²) in [5.41, 5.74) is 2.41. The molecule has 0 atom stereocenters. The maximum atomic E-state index is 11.2. The zero-order valence-corrected chi connectivity index (χ0v) is 12.9. The van der Waals surface area contributed by atoms with Crippen LogP contribution in [-0.4, -0.2) is 22.6 Å². The number of hydrogen-bond acceptors (Lipinski definition) is 6. The summed E-state index contributed by atoms with van der Waals surface area (Å²) in [6.07, 6.45) is 10.0. The van der Waals surface area contributed by atoms with Crippen LogP contribution in [0.15, 0.2) is 58.3 Å². The van der Waals surface area contributed by atoms with Gasteiger partial charge in [0.15, 0.2) is 0 Å². The average molecular weight is 311 g/mol. The van der Waals surface area contributed by atoms with Crippen molar-refractivity contribution in [2.24, 2.45) is 4.99 Å². The third kappa shape index (κ3) is 4.63. The van der Waals surface area contributed by atoms with E-state index < -0.39 is 0 Å². The summed E-state index contributed by atoms with van der Waals surface area (Å²) in [4.78, 5) is 23.1. The average Bonchev–Trinajstić information content (AvgIpc) is 3.04. The normalized spacial score (nSPS) is 11.9. The molecule has 23 heavy (non-hydrogen) atoms. The van der Waals surface area contributed by atoms with Crippen LogP contribution in [0.1, 0.15) is 19.4 Å². The molecule has 2 N–H and O–H groups in total. The van der Waals surface area contributed by atoms with Gasteiger partial charge in [-0.3, -0.25) is 9.78 Å². The molecule has 0 aromatic carbocycles. The van der Waals surface area contributed by atoms with Crippen molar-refractivity contribution in [3.8, 4) is 0 Å². The Morgan fingerprint density at radius 3 is 2.87 bits per heavy atom.